The molecule has 144 valence electrons. The highest BCUT2D eigenvalue weighted by Crippen LogP contribution is 2.11. The first kappa shape index (κ1) is 20.2. The summed E-state index contributed by atoms with van der Waals surface area (Å²) in [5.74, 6) is 0.861. The zero-order chi connectivity index (χ0) is 18.5. The first-order valence-electron chi connectivity index (χ1n) is 9.34. The van der Waals surface area contributed by atoms with Gasteiger partial charge in [0.1, 0.15) is 0 Å². The Bertz CT molecular complexity index is 656. The third kappa shape index (κ3) is 7.01. The molecule has 26 heavy (non-hydrogen) atoms. The van der Waals surface area contributed by atoms with Gasteiger partial charge in [-0.05, 0) is 31.9 Å². The quantitative estimate of drug-likeness (QED) is 0.344. The molecule has 0 unspecified atom stereocenters. The lowest BCUT2D eigenvalue weighted by Crippen LogP contribution is -2.38. The SMILES string of the molecule is CCNC(=NCCCn1cnc2ccccc21)NCCCOCCOC. The van der Waals surface area contributed by atoms with Gasteiger partial charge in [0.05, 0.1) is 30.6 Å². The van der Waals surface area contributed by atoms with Gasteiger partial charge in [-0.15, -0.1) is 0 Å². The summed E-state index contributed by atoms with van der Waals surface area (Å²) in [6.07, 6.45) is 3.81. The van der Waals surface area contributed by atoms with Gasteiger partial charge in [-0.3, -0.25) is 4.99 Å². The van der Waals surface area contributed by atoms with Crippen LogP contribution in [0.2, 0.25) is 0 Å². The maximum Gasteiger partial charge on any atom is 0.191 e. The first-order valence-corrected chi connectivity index (χ1v) is 9.34. The summed E-state index contributed by atoms with van der Waals surface area (Å²) < 4.78 is 12.6. The van der Waals surface area contributed by atoms with E-state index in [2.05, 4.69) is 38.2 Å². The zero-order valence-corrected chi connectivity index (χ0v) is 15.9. The van der Waals surface area contributed by atoms with Gasteiger partial charge in [-0.25, -0.2) is 4.98 Å². The molecule has 2 N–H and O–H groups in total. The molecule has 1 heterocycles. The Balaban J connectivity index is 1.67. The number of nitrogens with one attached hydrogen (secondary N) is 2. The number of methoxy groups -OCH3 is 1. The third-order valence-corrected chi connectivity index (χ3v) is 3.89. The van der Waals surface area contributed by atoms with Crippen LogP contribution >= 0.6 is 0 Å². The average Bonchev–Trinajstić information content (AvgIpc) is 3.07. The second kappa shape index (κ2) is 12.3. The van der Waals surface area contributed by atoms with Crippen molar-refractivity contribution in [2.24, 2.45) is 4.99 Å². The summed E-state index contributed by atoms with van der Waals surface area (Å²) in [6, 6.07) is 8.20. The molecular weight excluding hydrogens is 330 g/mol. The number of aliphatic imine (C=N–C) groups is 1. The van der Waals surface area contributed by atoms with Gasteiger partial charge in [0.15, 0.2) is 5.96 Å². The van der Waals surface area contributed by atoms with Crippen LogP contribution in [0.3, 0.4) is 0 Å². The molecule has 0 saturated carbocycles. The van der Waals surface area contributed by atoms with Crippen LogP contribution in [0.1, 0.15) is 19.8 Å². The minimum absolute atomic E-state index is 0.643. The van der Waals surface area contributed by atoms with Crippen LogP contribution in [0.4, 0.5) is 0 Å². The number of benzene rings is 1. The van der Waals surface area contributed by atoms with Gasteiger partial charge in [0.2, 0.25) is 0 Å². The molecule has 2 rings (SSSR count). The highest BCUT2D eigenvalue weighted by atomic mass is 16.5. The molecule has 7 heteroatoms. The molecule has 0 atom stereocenters. The van der Waals surface area contributed by atoms with Crippen LogP contribution in [0, 0.1) is 0 Å². The Morgan fingerprint density at radius 3 is 2.88 bits per heavy atom. The second-order valence-electron chi connectivity index (χ2n) is 5.93. The Kier molecular flexibility index (Phi) is 9.53. The van der Waals surface area contributed by atoms with E-state index in [0.29, 0.717) is 13.2 Å². The number of para-hydroxylation sites is 2. The summed E-state index contributed by atoms with van der Waals surface area (Å²) in [5, 5.41) is 6.62. The maximum absolute atomic E-state index is 5.46. The van der Waals surface area contributed by atoms with E-state index in [1.807, 2.05) is 24.5 Å². The minimum Gasteiger partial charge on any atom is -0.382 e. The molecule has 1 aromatic heterocycles. The standard InChI is InChI=1S/C19H31N5O2/c1-3-20-19(22-11-7-13-26-15-14-25-2)21-10-6-12-24-16-23-17-8-4-5-9-18(17)24/h4-5,8-9,16H,3,6-7,10-15H2,1-2H3,(H2,20,21,22). The monoisotopic (exact) mass is 361 g/mol. The molecule has 2 aromatic rings. The topological polar surface area (TPSA) is 72.7 Å². The summed E-state index contributed by atoms with van der Waals surface area (Å²) in [6.45, 7) is 7.46. The van der Waals surface area contributed by atoms with Gasteiger partial charge in [-0.1, -0.05) is 12.1 Å². The van der Waals surface area contributed by atoms with Crippen molar-refractivity contribution in [3.05, 3.63) is 30.6 Å². The predicted molar refractivity (Wildman–Crippen MR) is 106 cm³/mol. The van der Waals surface area contributed by atoms with Gasteiger partial charge in [0.25, 0.3) is 0 Å². The molecular formula is C19H31N5O2. The van der Waals surface area contributed by atoms with Crippen molar-refractivity contribution < 1.29 is 9.47 Å². The van der Waals surface area contributed by atoms with Crippen molar-refractivity contribution in [2.45, 2.75) is 26.3 Å². The molecule has 0 radical (unpaired) electrons. The third-order valence-electron chi connectivity index (χ3n) is 3.89. The summed E-state index contributed by atoms with van der Waals surface area (Å²) >= 11 is 0. The van der Waals surface area contributed by atoms with Gasteiger partial charge in [0, 0.05) is 39.9 Å². The van der Waals surface area contributed by atoms with E-state index < -0.39 is 0 Å². The number of guanidine groups is 1. The number of nitrogens with zero attached hydrogens (tertiary/aromatic N) is 3. The van der Waals surface area contributed by atoms with Crippen LogP contribution in [-0.2, 0) is 16.0 Å². The minimum atomic E-state index is 0.643. The van der Waals surface area contributed by atoms with Crippen molar-refractivity contribution in [2.75, 3.05) is 46.6 Å². The Morgan fingerprint density at radius 1 is 1.15 bits per heavy atom. The van der Waals surface area contributed by atoms with Gasteiger partial charge < -0.3 is 24.7 Å². The fraction of sp³-hybridized carbons (Fsp3) is 0.579. The summed E-state index contributed by atoms with van der Waals surface area (Å²) in [4.78, 5) is 9.06. The first-order chi connectivity index (χ1) is 12.8. The molecule has 0 aliphatic heterocycles. The number of rotatable bonds is 12. The highest BCUT2D eigenvalue weighted by Gasteiger charge is 2.01. The number of hydrogen-bond donors (Lipinski definition) is 2. The van der Waals surface area contributed by atoms with Crippen molar-refractivity contribution in [1.82, 2.24) is 20.2 Å². The molecule has 0 fully saturated rings. The maximum atomic E-state index is 5.46. The number of fused-ring (bicyclic) bond motifs is 1. The van der Waals surface area contributed by atoms with Crippen LogP contribution < -0.4 is 10.6 Å². The number of ether oxygens (including phenoxy) is 2. The van der Waals surface area contributed by atoms with Crippen molar-refractivity contribution in [1.29, 1.82) is 0 Å². The van der Waals surface area contributed by atoms with Crippen LogP contribution in [-0.4, -0.2) is 62.1 Å². The van der Waals surface area contributed by atoms with Gasteiger partial charge in [-0.2, -0.15) is 0 Å². The number of hydrogen-bond acceptors (Lipinski definition) is 4. The molecule has 0 spiro atoms. The smallest absolute Gasteiger partial charge is 0.191 e. The highest BCUT2D eigenvalue weighted by molar-refractivity contribution is 5.79. The number of imidazole rings is 1. The van der Waals surface area contributed by atoms with E-state index in [1.165, 1.54) is 5.52 Å². The average molecular weight is 361 g/mol. The van der Waals surface area contributed by atoms with Crippen LogP contribution in [0.5, 0.6) is 0 Å². The molecule has 0 aliphatic rings. The van der Waals surface area contributed by atoms with E-state index in [0.717, 1.165) is 57.1 Å². The number of aromatic nitrogens is 2. The van der Waals surface area contributed by atoms with E-state index in [-0.39, 0.29) is 0 Å². The second-order valence-corrected chi connectivity index (χ2v) is 5.93. The summed E-state index contributed by atoms with van der Waals surface area (Å²) in [7, 11) is 1.68. The zero-order valence-electron chi connectivity index (χ0n) is 15.9. The fourth-order valence-electron chi connectivity index (χ4n) is 2.59. The van der Waals surface area contributed by atoms with E-state index in [4.69, 9.17) is 9.47 Å². The molecule has 1 aromatic carbocycles. The van der Waals surface area contributed by atoms with Crippen LogP contribution in [0.15, 0.2) is 35.6 Å². The van der Waals surface area contributed by atoms with Crippen molar-refractivity contribution in [3.63, 3.8) is 0 Å². The van der Waals surface area contributed by atoms with Crippen LogP contribution in [0.25, 0.3) is 11.0 Å². The molecule has 0 bridgehead atoms. The van der Waals surface area contributed by atoms with Crippen molar-refractivity contribution >= 4 is 17.0 Å². The lowest BCUT2D eigenvalue weighted by molar-refractivity contribution is 0.0698. The Hall–Kier alpha value is -2.12. The molecule has 0 saturated heterocycles. The van der Waals surface area contributed by atoms with Crippen molar-refractivity contribution in [3.8, 4) is 0 Å². The summed E-state index contributed by atoms with van der Waals surface area (Å²) in [5.41, 5.74) is 2.22. The molecule has 0 aliphatic carbocycles. The van der Waals surface area contributed by atoms with E-state index in [1.54, 1.807) is 7.11 Å². The lowest BCUT2D eigenvalue weighted by Gasteiger charge is -2.11. The Labute approximate surface area is 155 Å². The number of aryl methyl sites for hydroxylation is 1. The molecule has 0 amide bonds. The Morgan fingerprint density at radius 2 is 2.04 bits per heavy atom. The predicted octanol–water partition coefficient (Wildman–Crippen LogP) is 2.03. The lowest BCUT2D eigenvalue weighted by atomic mass is 10.3. The fourth-order valence-corrected chi connectivity index (χ4v) is 2.59. The largest absolute Gasteiger partial charge is 0.382 e. The normalized spacial score (nSPS) is 11.8. The molecule has 7 nitrogen and oxygen atoms in total. The van der Waals surface area contributed by atoms with E-state index in [9.17, 15) is 0 Å². The van der Waals surface area contributed by atoms with E-state index >= 15 is 0 Å². The van der Waals surface area contributed by atoms with Gasteiger partial charge >= 0.3 is 0 Å².